The normalized spacial score (nSPS) is 16.4. The molecule has 2 N–H and O–H groups in total. The minimum Gasteiger partial charge on any atom is -0.379 e. The monoisotopic (exact) mass is 376 g/mol. The molecule has 1 heterocycles. The SMILES string of the molecule is CCNC(=NCc1ccccc1COCC)NCC(C)(C)N1CCOCC1. The summed E-state index contributed by atoms with van der Waals surface area (Å²) in [6, 6.07) is 8.35. The minimum atomic E-state index is 0.0485. The number of guanidine groups is 1. The van der Waals surface area contributed by atoms with Gasteiger partial charge in [0.05, 0.1) is 26.4 Å². The number of nitrogens with zero attached hydrogens (tertiary/aromatic N) is 2. The van der Waals surface area contributed by atoms with Gasteiger partial charge >= 0.3 is 0 Å². The summed E-state index contributed by atoms with van der Waals surface area (Å²) < 4.78 is 11.1. The quantitative estimate of drug-likeness (QED) is 0.512. The molecular weight excluding hydrogens is 340 g/mol. The maximum Gasteiger partial charge on any atom is 0.191 e. The molecule has 0 spiro atoms. The number of morpholine rings is 1. The van der Waals surface area contributed by atoms with E-state index in [1.807, 2.05) is 6.92 Å². The Morgan fingerprint density at radius 2 is 1.85 bits per heavy atom. The Kier molecular flexibility index (Phi) is 9.04. The Morgan fingerprint density at radius 1 is 1.15 bits per heavy atom. The fraction of sp³-hybridized carbons (Fsp3) is 0.667. The van der Waals surface area contributed by atoms with E-state index in [0.717, 1.165) is 52.0 Å². The van der Waals surface area contributed by atoms with E-state index >= 15 is 0 Å². The lowest BCUT2D eigenvalue weighted by Gasteiger charge is -2.41. The number of benzene rings is 1. The van der Waals surface area contributed by atoms with Gasteiger partial charge in [-0.15, -0.1) is 0 Å². The van der Waals surface area contributed by atoms with Gasteiger partial charge in [-0.3, -0.25) is 4.90 Å². The Balaban J connectivity index is 1.97. The molecule has 2 rings (SSSR count). The summed E-state index contributed by atoms with van der Waals surface area (Å²) in [7, 11) is 0. The first-order valence-electron chi connectivity index (χ1n) is 10.1. The number of ether oxygens (including phenoxy) is 2. The van der Waals surface area contributed by atoms with Crippen LogP contribution in [0.4, 0.5) is 0 Å². The fourth-order valence-electron chi connectivity index (χ4n) is 3.15. The van der Waals surface area contributed by atoms with Gasteiger partial charge in [0.1, 0.15) is 0 Å². The summed E-state index contributed by atoms with van der Waals surface area (Å²) in [6.45, 7) is 15.9. The van der Waals surface area contributed by atoms with Crippen LogP contribution in [-0.2, 0) is 22.6 Å². The van der Waals surface area contributed by atoms with Crippen LogP contribution in [0.2, 0.25) is 0 Å². The zero-order valence-corrected chi connectivity index (χ0v) is 17.4. The zero-order chi connectivity index (χ0) is 19.5. The van der Waals surface area contributed by atoms with E-state index in [1.54, 1.807) is 0 Å². The summed E-state index contributed by atoms with van der Waals surface area (Å²) in [5.74, 6) is 0.852. The molecule has 27 heavy (non-hydrogen) atoms. The molecule has 0 aliphatic carbocycles. The van der Waals surface area contributed by atoms with Gasteiger partial charge in [0.25, 0.3) is 0 Å². The predicted molar refractivity (Wildman–Crippen MR) is 111 cm³/mol. The van der Waals surface area contributed by atoms with Crippen molar-refractivity contribution in [2.75, 3.05) is 46.0 Å². The third-order valence-corrected chi connectivity index (χ3v) is 4.89. The highest BCUT2D eigenvalue weighted by Gasteiger charge is 2.28. The Hall–Kier alpha value is -1.63. The number of nitrogens with one attached hydrogen (secondary N) is 2. The second-order valence-corrected chi connectivity index (χ2v) is 7.37. The molecule has 0 radical (unpaired) electrons. The number of aliphatic imine (C=N–C) groups is 1. The number of hydrogen-bond donors (Lipinski definition) is 2. The van der Waals surface area contributed by atoms with Gasteiger partial charge in [0, 0.05) is 38.3 Å². The molecule has 0 atom stereocenters. The Labute approximate surface area is 164 Å². The largest absolute Gasteiger partial charge is 0.379 e. The van der Waals surface area contributed by atoms with Gasteiger partial charge in [-0.1, -0.05) is 24.3 Å². The molecular formula is C21H36N4O2. The molecule has 0 bridgehead atoms. The second-order valence-electron chi connectivity index (χ2n) is 7.37. The van der Waals surface area contributed by atoms with Crippen molar-refractivity contribution in [3.8, 4) is 0 Å². The van der Waals surface area contributed by atoms with Gasteiger partial charge in [0.15, 0.2) is 5.96 Å². The van der Waals surface area contributed by atoms with Crippen LogP contribution in [0.15, 0.2) is 29.3 Å². The van der Waals surface area contributed by atoms with Gasteiger partial charge < -0.3 is 20.1 Å². The average Bonchev–Trinajstić information content (AvgIpc) is 2.70. The topological polar surface area (TPSA) is 58.1 Å². The molecule has 1 aromatic rings. The lowest BCUT2D eigenvalue weighted by atomic mass is 10.0. The van der Waals surface area contributed by atoms with E-state index in [4.69, 9.17) is 14.5 Å². The van der Waals surface area contributed by atoms with E-state index in [2.05, 4.69) is 60.6 Å². The molecule has 6 nitrogen and oxygen atoms in total. The molecule has 1 fully saturated rings. The lowest BCUT2D eigenvalue weighted by molar-refractivity contribution is -0.00834. The first-order valence-corrected chi connectivity index (χ1v) is 10.1. The van der Waals surface area contributed by atoms with Crippen molar-refractivity contribution in [1.29, 1.82) is 0 Å². The first kappa shape index (κ1) is 21.7. The minimum absolute atomic E-state index is 0.0485. The summed E-state index contributed by atoms with van der Waals surface area (Å²) >= 11 is 0. The standard InChI is InChI=1S/C21H36N4O2/c1-5-22-20(24-17-21(3,4)25-11-13-27-14-12-25)23-15-18-9-7-8-10-19(18)16-26-6-2/h7-10H,5-6,11-17H2,1-4H3,(H2,22,23,24). The fourth-order valence-corrected chi connectivity index (χ4v) is 3.15. The smallest absolute Gasteiger partial charge is 0.191 e. The molecule has 6 heteroatoms. The molecule has 1 saturated heterocycles. The van der Waals surface area contributed by atoms with Crippen molar-refractivity contribution in [2.45, 2.75) is 46.4 Å². The van der Waals surface area contributed by atoms with Crippen molar-refractivity contribution in [2.24, 2.45) is 4.99 Å². The molecule has 1 aliphatic rings. The predicted octanol–water partition coefficient (Wildman–Crippen LogP) is 2.39. The van der Waals surface area contributed by atoms with E-state index in [9.17, 15) is 0 Å². The maximum absolute atomic E-state index is 5.58. The Morgan fingerprint density at radius 3 is 2.52 bits per heavy atom. The van der Waals surface area contributed by atoms with Crippen LogP contribution < -0.4 is 10.6 Å². The third kappa shape index (κ3) is 7.13. The number of hydrogen-bond acceptors (Lipinski definition) is 4. The van der Waals surface area contributed by atoms with Crippen LogP contribution in [0.1, 0.15) is 38.8 Å². The highest BCUT2D eigenvalue weighted by Crippen LogP contribution is 2.15. The van der Waals surface area contributed by atoms with Crippen molar-refractivity contribution in [1.82, 2.24) is 15.5 Å². The first-order chi connectivity index (χ1) is 13.1. The molecule has 1 aromatic carbocycles. The number of rotatable bonds is 9. The van der Waals surface area contributed by atoms with Gasteiger partial charge in [-0.2, -0.15) is 0 Å². The van der Waals surface area contributed by atoms with Crippen LogP contribution in [0.5, 0.6) is 0 Å². The summed E-state index contributed by atoms with van der Waals surface area (Å²) in [6.07, 6.45) is 0. The van der Waals surface area contributed by atoms with Crippen LogP contribution in [0, 0.1) is 0 Å². The average molecular weight is 377 g/mol. The van der Waals surface area contributed by atoms with E-state index < -0.39 is 0 Å². The van der Waals surface area contributed by atoms with Gasteiger partial charge in [-0.05, 0) is 38.8 Å². The van der Waals surface area contributed by atoms with E-state index in [0.29, 0.717) is 13.2 Å². The van der Waals surface area contributed by atoms with Crippen LogP contribution >= 0.6 is 0 Å². The van der Waals surface area contributed by atoms with Crippen molar-refractivity contribution >= 4 is 5.96 Å². The maximum atomic E-state index is 5.58. The molecule has 0 aromatic heterocycles. The second kappa shape index (κ2) is 11.3. The van der Waals surface area contributed by atoms with Gasteiger partial charge in [0.2, 0.25) is 0 Å². The zero-order valence-electron chi connectivity index (χ0n) is 17.4. The van der Waals surface area contributed by atoms with Crippen molar-refractivity contribution < 1.29 is 9.47 Å². The molecule has 0 saturated carbocycles. The Bertz CT molecular complexity index is 583. The van der Waals surface area contributed by atoms with Gasteiger partial charge in [-0.25, -0.2) is 4.99 Å². The molecule has 0 amide bonds. The van der Waals surface area contributed by atoms with Crippen LogP contribution in [0.3, 0.4) is 0 Å². The summed E-state index contributed by atoms with van der Waals surface area (Å²) in [5.41, 5.74) is 2.45. The van der Waals surface area contributed by atoms with E-state index in [-0.39, 0.29) is 5.54 Å². The third-order valence-electron chi connectivity index (χ3n) is 4.89. The van der Waals surface area contributed by atoms with Crippen molar-refractivity contribution in [3.05, 3.63) is 35.4 Å². The molecule has 0 unspecified atom stereocenters. The lowest BCUT2D eigenvalue weighted by Crippen LogP contribution is -2.56. The van der Waals surface area contributed by atoms with Crippen molar-refractivity contribution in [3.63, 3.8) is 0 Å². The molecule has 1 aliphatic heterocycles. The molecule has 152 valence electrons. The highest BCUT2D eigenvalue weighted by molar-refractivity contribution is 5.79. The van der Waals surface area contributed by atoms with Crippen LogP contribution in [-0.4, -0.2) is 62.4 Å². The summed E-state index contributed by atoms with van der Waals surface area (Å²) in [4.78, 5) is 7.27. The summed E-state index contributed by atoms with van der Waals surface area (Å²) in [5, 5.41) is 6.87. The van der Waals surface area contributed by atoms with Crippen LogP contribution in [0.25, 0.3) is 0 Å². The highest BCUT2D eigenvalue weighted by atomic mass is 16.5. The van der Waals surface area contributed by atoms with E-state index in [1.165, 1.54) is 11.1 Å².